The number of rotatable bonds is 28. The van der Waals surface area contributed by atoms with Gasteiger partial charge in [-0.15, -0.1) is 0 Å². The van der Waals surface area contributed by atoms with Gasteiger partial charge in [-0.25, -0.2) is 0 Å². The van der Waals surface area contributed by atoms with Crippen LogP contribution in [0.5, 0.6) is 0 Å². The standard InChI is InChI=1S/C74H106O30P2/c1-77-37-47-53-59(81-5)65(87-11)71(95-47)99-51-45(35-75)93-69(63(85-9)57(51)79-3)103-55-49(39-91-105(41-27-19-15-20-28-41)42-29-21-16-22-30-42)97-73(67(89-13)61(55)83-7)100-52-46(36-76)94-70(64(86-10)58(52)80-4)104-56-50(40-92-106(43-31-23-17-24-32-43)44-33-25-18-26-34-44)98-74(68(90-14)62(56)84-8)102-54-48(38-78-2)96-72(101-53)66(88-12)60(54)82-6/h15-34,45-76H,35-40H2,1-14H3/t45-,46-,47-,48-,49-,50-,51-,52-,53-,54-,55-,56-,57+,58+,59+,60+,61+,62+,63-,64-,65-,66-,67-,68-,69-,70-,71-,72-,73-,74-/m1/s1. The normalized spacial score (nSPS) is 38.9. The fraction of sp³-hybridized carbons (Fsp3) is 0.676. The first-order valence-corrected chi connectivity index (χ1v) is 37.9. The molecular weight excluding hydrogens is 1430 g/mol. The summed E-state index contributed by atoms with van der Waals surface area (Å²) in [6.07, 6.45) is -34.0. The Morgan fingerprint density at radius 2 is 0.415 bits per heavy atom. The van der Waals surface area contributed by atoms with Gasteiger partial charge in [-0.1, -0.05) is 121 Å². The Bertz CT molecular complexity index is 3060. The van der Waals surface area contributed by atoms with E-state index in [-0.39, 0.29) is 26.4 Å². The van der Waals surface area contributed by atoms with Crippen molar-refractivity contribution >= 4 is 37.5 Å². The maximum atomic E-state index is 11.7. The van der Waals surface area contributed by atoms with E-state index < -0.39 is 214 Å². The summed E-state index contributed by atoms with van der Waals surface area (Å²) < 4.78 is 187. The van der Waals surface area contributed by atoms with E-state index in [0.29, 0.717) is 0 Å². The van der Waals surface area contributed by atoms with Gasteiger partial charge < -0.3 is 142 Å². The largest absolute Gasteiger partial charge is 0.394 e. The molecule has 2 N–H and O–H groups in total. The number of hydrogen-bond acceptors (Lipinski definition) is 30. The molecule has 0 amide bonds. The van der Waals surface area contributed by atoms with Gasteiger partial charge in [0.25, 0.3) is 0 Å². The van der Waals surface area contributed by atoms with E-state index in [2.05, 4.69) is 0 Å². The average Bonchev–Trinajstić information content (AvgIpc) is 0.761. The van der Waals surface area contributed by atoms with Crippen molar-refractivity contribution in [3.63, 3.8) is 0 Å². The summed E-state index contributed by atoms with van der Waals surface area (Å²) in [6.45, 7) is -1.66. The van der Waals surface area contributed by atoms with E-state index in [1.54, 1.807) is 0 Å². The molecule has 0 unspecified atom stereocenters. The van der Waals surface area contributed by atoms with Gasteiger partial charge in [0.2, 0.25) is 0 Å². The van der Waals surface area contributed by atoms with Crippen LogP contribution in [0.4, 0.5) is 0 Å². The molecule has 30 nitrogen and oxygen atoms in total. The minimum absolute atomic E-state index is 0.0614. The summed E-state index contributed by atoms with van der Waals surface area (Å²) >= 11 is 0. The second-order valence-electron chi connectivity index (χ2n) is 26.1. The molecule has 22 aliphatic rings. The number of aliphatic hydroxyl groups excluding tert-OH is 2. The van der Waals surface area contributed by atoms with E-state index in [1.165, 1.54) is 99.5 Å². The Hall–Kier alpha value is -3.46. The van der Waals surface area contributed by atoms with Crippen molar-refractivity contribution < 1.29 is 142 Å². The zero-order valence-corrected chi connectivity index (χ0v) is 64.1. The van der Waals surface area contributed by atoms with Crippen LogP contribution in [0.25, 0.3) is 0 Å². The smallest absolute Gasteiger partial charge is 0.187 e. The number of hydrogen-bond donors (Lipinski definition) is 2. The molecular formula is C74H106O30P2. The molecule has 4 aromatic carbocycles. The van der Waals surface area contributed by atoms with E-state index in [9.17, 15) is 10.2 Å². The zero-order valence-electron chi connectivity index (χ0n) is 62.3. The molecule has 22 fully saturated rings. The van der Waals surface area contributed by atoms with Crippen LogP contribution >= 0.6 is 16.3 Å². The summed E-state index contributed by atoms with van der Waals surface area (Å²) in [4.78, 5) is 0. The topological polar surface area (TPSA) is 299 Å². The summed E-state index contributed by atoms with van der Waals surface area (Å²) in [7, 11) is 17.9. The SMILES string of the molecule is COC[C@H]1O[C@@H]2O[C@H]3[C@H](OC)[C@@H](OC)[C@@H](O[C@H]4[C@H](OC)[C@@H](OC)[C@@H](O[C@H]5[C@H](OC)[C@@H](OC)[C@@H](O[C@H]6[C@H](OC)[C@@H](OC)[C@@H](O[C@H]7[C@H](OC)[C@@H](OC)[C@@H](O[C@H]1[C@H](OC)[C@H]2OC)O[C@@H]7COC)O[C@@H]6COP(c1ccccc1)c1ccccc1)O[C@@H]5CO)O[C@@H]4COP(c1ccccc1)c1ccccc1)O[C@@H]3CO. The lowest BCUT2D eigenvalue weighted by Crippen LogP contribution is -2.70. The minimum atomic E-state index is -1.52. The number of aliphatic hydroxyl groups is 2. The summed E-state index contributed by atoms with van der Waals surface area (Å²) in [6, 6.07) is 39.4. The van der Waals surface area contributed by atoms with Crippen LogP contribution in [-0.2, 0) is 132 Å². The first-order chi connectivity index (χ1) is 51.9. The van der Waals surface area contributed by atoms with Gasteiger partial charge >= 0.3 is 0 Å². The molecule has 592 valence electrons. The fourth-order valence-electron chi connectivity index (χ4n) is 15.2. The van der Waals surface area contributed by atoms with Gasteiger partial charge in [-0.05, 0) is 0 Å². The lowest BCUT2D eigenvalue weighted by Gasteiger charge is -2.53. The molecule has 12 bridgehead atoms. The van der Waals surface area contributed by atoms with Crippen molar-refractivity contribution in [1.82, 2.24) is 0 Å². The van der Waals surface area contributed by atoms with Crippen LogP contribution in [0.15, 0.2) is 121 Å². The lowest BCUT2D eigenvalue weighted by atomic mass is 9.94. The maximum Gasteiger partial charge on any atom is 0.187 e. The molecule has 22 saturated heterocycles. The average molecular weight is 1540 g/mol. The molecule has 0 aromatic heterocycles. The van der Waals surface area contributed by atoms with Gasteiger partial charge in [-0.2, -0.15) is 0 Å². The van der Waals surface area contributed by atoms with Gasteiger partial charge in [0.1, 0.15) is 146 Å². The van der Waals surface area contributed by atoms with Crippen molar-refractivity contribution in [3.05, 3.63) is 121 Å². The van der Waals surface area contributed by atoms with Gasteiger partial charge in [-0.3, -0.25) is 0 Å². The Kier molecular flexibility index (Phi) is 32.2. The van der Waals surface area contributed by atoms with Gasteiger partial charge in [0.05, 0.1) is 55.9 Å². The highest BCUT2D eigenvalue weighted by molar-refractivity contribution is 7.68. The molecule has 0 spiro atoms. The summed E-state index contributed by atoms with van der Waals surface area (Å²) in [5, 5.41) is 26.9. The molecule has 0 radical (unpaired) electrons. The van der Waals surface area contributed by atoms with Crippen molar-refractivity contribution in [2.75, 3.05) is 139 Å². The molecule has 4 aromatic rings. The molecule has 22 aliphatic heterocycles. The third-order valence-corrected chi connectivity index (χ3v) is 24.2. The highest BCUT2D eigenvalue weighted by atomic mass is 31.1. The third-order valence-electron chi connectivity index (χ3n) is 20.3. The Morgan fingerprint density at radius 3 is 0.594 bits per heavy atom. The van der Waals surface area contributed by atoms with Gasteiger partial charge in [0.15, 0.2) is 37.7 Å². The van der Waals surface area contributed by atoms with Crippen molar-refractivity contribution in [1.29, 1.82) is 0 Å². The van der Waals surface area contributed by atoms with Crippen LogP contribution in [0.1, 0.15) is 0 Å². The molecule has 30 atom stereocenters. The van der Waals surface area contributed by atoms with Crippen LogP contribution in [-0.4, -0.2) is 334 Å². The second kappa shape index (κ2) is 40.8. The highest BCUT2D eigenvalue weighted by Crippen LogP contribution is 2.45. The molecule has 0 saturated carbocycles. The Balaban J connectivity index is 1.02. The lowest BCUT2D eigenvalue weighted by molar-refractivity contribution is -0.409. The van der Waals surface area contributed by atoms with Crippen LogP contribution in [0.3, 0.4) is 0 Å². The minimum Gasteiger partial charge on any atom is -0.394 e. The number of benzene rings is 4. The molecule has 0 aliphatic carbocycles. The Labute approximate surface area is 622 Å². The van der Waals surface area contributed by atoms with Gasteiger partial charge in [0, 0.05) is 121 Å². The summed E-state index contributed by atoms with van der Waals surface area (Å²) in [5.41, 5.74) is 0. The molecule has 22 heterocycles. The maximum absolute atomic E-state index is 11.7. The quantitative estimate of drug-likeness (QED) is 0.0771. The molecule has 26 rings (SSSR count). The van der Waals surface area contributed by atoms with Crippen molar-refractivity contribution in [3.8, 4) is 0 Å². The van der Waals surface area contributed by atoms with E-state index in [0.717, 1.165) is 21.2 Å². The highest BCUT2D eigenvalue weighted by Gasteiger charge is 2.61. The van der Waals surface area contributed by atoms with Crippen LogP contribution < -0.4 is 21.2 Å². The first kappa shape index (κ1) is 83.5. The van der Waals surface area contributed by atoms with Crippen LogP contribution in [0, 0.1) is 0 Å². The fourth-order valence-corrected chi connectivity index (χ4v) is 18.8. The van der Waals surface area contributed by atoms with Crippen molar-refractivity contribution in [2.45, 2.75) is 184 Å². The number of ether oxygens (including phenoxy) is 26. The summed E-state index contributed by atoms with van der Waals surface area (Å²) in [5.74, 6) is 0. The van der Waals surface area contributed by atoms with Crippen molar-refractivity contribution in [2.24, 2.45) is 0 Å². The number of methoxy groups -OCH3 is 14. The first-order valence-electron chi connectivity index (χ1n) is 35.3. The zero-order chi connectivity index (χ0) is 75.0. The third kappa shape index (κ3) is 18.4. The molecule has 32 heteroatoms. The van der Waals surface area contributed by atoms with E-state index >= 15 is 0 Å². The van der Waals surface area contributed by atoms with E-state index in [4.69, 9.17) is 132 Å². The Morgan fingerprint density at radius 1 is 0.236 bits per heavy atom. The second-order valence-corrected chi connectivity index (χ2v) is 29.8. The predicted octanol–water partition coefficient (Wildman–Crippen LogP) is 2.25. The predicted molar refractivity (Wildman–Crippen MR) is 379 cm³/mol. The van der Waals surface area contributed by atoms with E-state index in [1.807, 2.05) is 121 Å². The van der Waals surface area contributed by atoms with Crippen LogP contribution in [0.2, 0.25) is 0 Å². The molecule has 106 heavy (non-hydrogen) atoms. The monoisotopic (exact) mass is 1540 g/mol.